The third kappa shape index (κ3) is 4.93. The molecule has 1 fully saturated rings. The molecule has 1 aliphatic rings. The average Bonchev–Trinajstić information content (AvgIpc) is 2.81. The van der Waals surface area contributed by atoms with E-state index in [4.69, 9.17) is 0 Å². The van der Waals surface area contributed by atoms with E-state index >= 15 is 0 Å². The van der Waals surface area contributed by atoms with Crippen molar-refractivity contribution in [3.8, 4) is 0 Å². The maximum Gasteiger partial charge on any atom is 0.335 e. The number of pyridine rings is 1. The van der Waals surface area contributed by atoms with Gasteiger partial charge in [0, 0.05) is 32.4 Å². The van der Waals surface area contributed by atoms with Crippen molar-refractivity contribution < 1.29 is 18.3 Å². The lowest BCUT2D eigenvalue weighted by molar-refractivity contribution is 0.0697. The van der Waals surface area contributed by atoms with Crippen LogP contribution in [0.1, 0.15) is 21.5 Å². The maximum absolute atomic E-state index is 13.2. The van der Waals surface area contributed by atoms with E-state index in [1.165, 1.54) is 12.1 Å². The number of hydrogen-bond acceptors (Lipinski definition) is 6. The fourth-order valence-electron chi connectivity index (χ4n) is 3.94. The van der Waals surface area contributed by atoms with Crippen LogP contribution in [0.3, 0.4) is 0 Å². The quantitative estimate of drug-likeness (QED) is 0.573. The Kier molecular flexibility index (Phi) is 6.24. The van der Waals surface area contributed by atoms with Crippen LogP contribution in [0.4, 0.5) is 17.2 Å². The summed E-state index contributed by atoms with van der Waals surface area (Å²) in [5, 5.41) is 9.46. The van der Waals surface area contributed by atoms with Crippen LogP contribution >= 0.6 is 0 Å². The molecule has 1 aliphatic heterocycles. The molecule has 0 spiro atoms. The summed E-state index contributed by atoms with van der Waals surface area (Å²) < 4.78 is 29.1. The highest BCUT2D eigenvalue weighted by molar-refractivity contribution is 7.92. The number of aryl methyl sites for hydroxylation is 2. The number of carboxylic acids is 1. The second-order valence-corrected chi connectivity index (χ2v) is 9.72. The van der Waals surface area contributed by atoms with Gasteiger partial charge in [-0.15, -0.1) is 0 Å². The number of rotatable bonds is 6. The van der Waals surface area contributed by atoms with E-state index in [1.54, 1.807) is 31.3 Å². The van der Waals surface area contributed by atoms with Crippen LogP contribution < -0.4 is 14.5 Å². The van der Waals surface area contributed by atoms with Gasteiger partial charge in [-0.2, -0.15) is 0 Å². The first-order chi connectivity index (χ1) is 15.7. The average molecular weight is 467 g/mol. The van der Waals surface area contributed by atoms with Crippen molar-refractivity contribution in [1.82, 2.24) is 4.98 Å². The molecule has 0 bridgehead atoms. The molecular formula is C24H26N4O4S. The smallest absolute Gasteiger partial charge is 0.335 e. The fourth-order valence-corrected chi connectivity index (χ4v) is 5.34. The summed E-state index contributed by atoms with van der Waals surface area (Å²) in [4.78, 5) is 20.4. The number of sulfonamides is 1. The summed E-state index contributed by atoms with van der Waals surface area (Å²) in [6.45, 7) is 6.26. The standard InChI is InChI=1S/C24H26N4O4S/c1-17-6-7-18(2)22(15-17)33(31,32)26-20-16-19(24(29)30)8-9-21(20)27-11-13-28(14-12-27)23-5-3-4-10-25-23/h3-10,15-16,26H,11-14H2,1-2H3,(H,29,30). The van der Waals surface area contributed by atoms with Gasteiger partial charge in [-0.25, -0.2) is 18.2 Å². The van der Waals surface area contributed by atoms with Gasteiger partial charge >= 0.3 is 5.97 Å². The molecule has 1 aromatic heterocycles. The van der Waals surface area contributed by atoms with E-state index < -0.39 is 16.0 Å². The zero-order valence-corrected chi connectivity index (χ0v) is 19.3. The second kappa shape index (κ2) is 9.11. The van der Waals surface area contributed by atoms with E-state index in [-0.39, 0.29) is 16.1 Å². The zero-order valence-electron chi connectivity index (χ0n) is 18.5. The monoisotopic (exact) mass is 466 g/mol. The number of piperazine rings is 1. The molecular weight excluding hydrogens is 440 g/mol. The van der Waals surface area contributed by atoms with E-state index in [9.17, 15) is 18.3 Å². The van der Waals surface area contributed by atoms with E-state index in [0.717, 1.165) is 11.4 Å². The van der Waals surface area contributed by atoms with Crippen molar-refractivity contribution in [2.75, 3.05) is 40.7 Å². The molecule has 0 unspecified atom stereocenters. The molecule has 172 valence electrons. The first kappa shape index (κ1) is 22.6. The Bertz CT molecular complexity index is 1270. The highest BCUT2D eigenvalue weighted by atomic mass is 32.2. The molecule has 2 aromatic carbocycles. The number of aromatic nitrogens is 1. The number of aromatic carboxylic acids is 1. The second-order valence-electron chi connectivity index (χ2n) is 8.07. The topological polar surface area (TPSA) is 103 Å². The summed E-state index contributed by atoms with van der Waals surface area (Å²) in [7, 11) is -3.91. The van der Waals surface area contributed by atoms with Gasteiger partial charge in [0.2, 0.25) is 0 Å². The number of carbonyl (C=O) groups is 1. The Balaban J connectivity index is 1.63. The third-order valence-electron chi connectivity index (χ3n) is 5.71. The molecule has 0 atom stereocenters. The predicted octanol–water partition coefficient (Wildman–Crippen LogP) is 3.52. The molecule has 2 heterocycles. The summed E-state index contributed by atoms with van der Waals surface area (Å²) in [5.74, 6) is -0.220. The lowest BCUT2D eigenvalue weighted by atomic mass is 10.1. The van der Waals surface area contributed by atoms with E-state index in [1.807, 2.05) is 31.2 Å². The highest BCUT2D eigenvalue weighted by Gasteiger charge is 2.24. The summed E-state index contributed by atoms with van der Waals surface area (Å²) in [6.07, 6.45) is 1.76. The molecule has 2 N–H and O–H groups in total. The zero-order chi connectivity index (χ0) is 23.6. The van der Waals surface area contributed by atoms with Crippen molar-refractivity contribution in [3.05, 3.63) is 77.5 Å². The SMILES string of the molecule is Cc1ccc(C)c(S(=O)(=O)Nc2cc(C(=O)O)ccc2N2CCN(c3ccccn3)CC2)c1. The Morgan fingerprint density at radius 1 is 0.970 bits per heavy atom. The van der Waals surface area contributed by atoms with Crippen molar-refractivity contribution >= 4 is 33.2 Å². The van der Waals surface area contributed by atoms with Crippen LogP contribution in [0.25, 0.3) is 0 Å². The first-order valence-corrected chi connectivity index (χ1v) is 12.1. The lowest BCUT2D eigenvalue weighted by Gasteiger charge is -2.37. The van der Waals surface area contributed by atoms with Gasteiger partial charge in [-0.1, -0.05) is 18.2 Å². The van der Waals surface area contributed by atoms with Crippen LogP contribution in [0.5, 0.6) is 0 Å². The third-order valence-corrected chi connectivity index (χ3v) is 7.22. The predicted molar refractivity (Wildman–Crippen MR) is 129 cm³/mol. The Hall–Kier alpha value is -3.59. The van der Waals surface area contributed by atoms with Gasteiger partial charge in [0.15, 0.2) is 0 Å². The lowest BCUT2D eigenvalue weighted by Crippen LogP contribution is -2.47. The molecule has 4 rings (SSSR count). The molecule has 1 saturated heterocycles. The molecule has 33 heavy (non-hydrogen) atoms. The van der Waals surface area contributed by atoms with Gasteiger partial charge in [0.25, 0.3) is 10.0 Å². The van der Waals surface area contributed by atoms with Crippen molar-refractivity contribution in [3.63, 3.8) is 0 Å². The number of anilines is 3. The number of carboxylic acid groups (broad SMARTS) is 1. The Morgan fingerprint density at radius 2 is 1.70 bits per heavy atom. The van der Waals surface area contributed by atoms with Gasteiger partial charge in [-0.3, -0.25) is 4.72 Å². The first-order valence-electron chi connectivity index (χ1n) is 10.6. The number of benzene rings is 2. The van der Waals surface area contributed by atoms with Crippen LogP contribution in [0.15, 0.2) is 65.7 Å². The molecule has 0 radical (unpaired) electrons. The van der Waals surface area contributed by atoms with Gasteiger partial charge in [-0.05, 0) is 61.4 Å². The largest absolute Gasteiger partial charge is 0.478 e. The summed E-state index contributed by atoms with van der Waals surface area (Å²) >= 11 is 0. The maximum atomic E-state index is 13.2. The van der Waals surface area contributed by atoms with E-state index in [2.05, 4.69) is 19.5 Å². The number of nitrogens with one attached hydrogen (secondary N) is 1. The minimum absolute atomic E-state index is 0.0181. The normalized spacial score (nSPS) is 14.2. The molecule has 0 aliphatic carbocycles. The van der Waals surface area contributed by atoms with Crippen LogP contribution in [0.2, 0.25) is 0 Å². The van der Waals surface area contributed by atoms with E-state index in [0.29, 0.717) is 37.4 Å². The van der Waals surface area contributed by atoms with Crippen LogP contribution in [-0.4, -0.2) is 50.7 Å². The molecule has 0 saturated carbocycles. The fraction of sp³-hybridized carbons (Fsp3) is 0.250. The molecule has 8 nitrogen and oxygen atoms in total. The minimum Gasteiger partial charge on any atom is -0.478 e. The number of nitrogens with zero attached hydrogens (tertiary/aromatic N) is 3. The highest BCUT2D eigenvalue weighted by Crippen LogP contribution is 2.31. The molecule has 9 heteroatoms. The van der Waals surface area contributed by atoms with Gasteiger partial charge in [0.1, 0.15) is 5.82 Å². The summed E-state index contributed by atoms with van der Waals surface area (Å²) in [6, 6.07) is 15.6. The minimum atomic E-state index is -3.91. The van der Waals surface area contributed by atoms with Gasteiger partial charge < -0.3 is 14.9 Å². The Labute approximate surface area is 193 Å². The molecule has 3 aromatic rings. The number of hydrogen-bond donors (Lipinski definition) is 2. The van der Waals surface area contributed by atoms with Gasteiger partial charge in [0.05, 0.1) is 21.8 Å². The van der Waals surface area contributed by atoms with Crippen molar-refractivity contribution in [2.45, 2.75) is 18.7 Å². The van der Waals surface area contributed by atoms with Crippen LogP contribution in [0, 0.1) is 13.8 Å². The van der Waals surface area contributed by atoms with Crippen molar-refractivity contribution in [2.24, 2.45) is 0 Å². The van der Waals surface area contributed by atoms with Crippen molar-refractivity contribution in [1.29, 1.82) is 0 Å². The summed E-state index contributed by atoms with van der Waals surface area (Å²) in [5.41, 5.74) is 2.36. The Morgan fingerprint density at radius 3 is 2.36 bits per heavy atom. The molecule has 0 amide bonds. The van der Waals surface area contributed by atoms with Crippen LogP contribution in [-0.2, 0) is 10.0 Å².